The van der Waals surface area contributed by atoms with E-state index in [0.717, 1.165) is 0 Å². The molecule has 0 unspecified atom stereocenters. The fourth-order valence-corrected chi connectivity index (χ4v) is 1.15. The van der Waals surface area contributed by atoms with Gasteiger partial charge in [0.05, 0.1) is 0 Å². The number of nitrogens with zero attached hydrogens (tertiary/aromatic N) is 1. The first kappa shape index (κ1) is 11.8. The third kappa shape index (κ3) is 2.82. The van der Waals surface area contributed by atoms with E-state index in [1.165, 1.54) is 13.1 Å². The summed E-state index contributed by atoms with van der Waals surface area (Å²) in [6, 6.07) is 0. The zero-order valence-electron chi connectivity index (χ0n) is 8.35. The number of ether oxygens (including phenoxy) is 1. The lowest BCUT2D eigenvalue weighted by Crippen LogP contribution is -2.19. The van der Waals surface area contributed by atoms with Crippen LogP contribution in [0.1, 0.15) is 16.7 Å². The van der Waals surface area contributed by atoms with Crippen LogP contribution in [0.3, 0.4) is 0 Å². The summed E-state index contributed by atoms with van der Waals surface area (Å²) in [4.78, 5) is 3.57. The van der Waals surface area contributed by atoms with E-state index in [-0.39, 0.29) is 6.54 Å². The van der Waals surface area contributed by atoms with E-state index in [1.54, 1.807) is 6.92 Å². The van der Waals surface area contributed by atoms with Crippen LogP contribution in [-0.2, 0) is 6.54 Å². The highest BCUT2D eigenvalue weighted by Crippen LogP contribution is 2.26. The minimum Gasteiger partial charge on any atom is -0.388 e. The molecule has 1 aromatic heterocycles. The van der Waals surface area contributed by atoms with Crippen LogP contribution in [0.5, 0.6) is 5.88 Å². The quantitative estimate of drug-likeness (QED) is 0.829. The first-order chi connectivity index (χ1) is 6.85. The number of hydrogen-bond donors (Lipinski definition) is 1. The molecule has 0 aromatic carbocycles. The molecule has 0 aliphatic heterocycles. The number of nitrogens with two attached hydrogens (primary N) is 1. The monoisotopic (exact) mass is 220 g/mol. The van der Waals surface area contributed by atoms with Gasteiger partial charge < -0.3 is 10.5 Å². The first-order valence-electron chi connectivity index (χ1n) is 4.26. The highest BCUT2D eigenvalue weighted by molar-refractivity contribution is 5.37. The molecule has 0 saturated carbocycles. The molecule has 0 aliphatic carbocycles. The number of aromatic nitrogens is 1. The van der Waals surface area contributed by atoms with Gasteiger partial charge in [-0.15, -0.1) is 13.2 Å². The summed E-state index contributed by atoms with van der Waals surface area (Å²) in [5.41, 5.74) is 7.13. The predicted octanol–water partition coefficient (Wildman–Crippen LogP) is 2.06. The van der Waals surface area contributed by atoms with Gasteiger partial charge in [0.15, 0.2) is 0 Å². The van der Waals surface area contributed by atoms with Crippen molar-refractivity contribution in [3.05, 3.63) is 22.9 Å². The molecule has 2 N–H and O–H groups in total. The summed E-state index contributed by atoms with van der Waals surface area (Å²) in [5.74, 6) is -0.419. The van der Waals surface area contributed by atoms with Crippen LogP contribution in [0.25, 0.3) is 0 Å². The van der Waals surface area contributed by atoms with Crippen LogP contribution in [-0.4, -0.2) is 11.3 Å². The van der Waals surface area contributed by atoms with E-state index >= 15 is 0 Å². The van der Waals surface area contributed by atoms with E-state index in [4.69, 9.17) is 5.73 Å². The SMILES string of the molecule is Cc1c(CN)cnc(OC(F)(F)F)c1C. The Balaban J connectivity index is 3.07. The van der Waals surface area contributed by atoms with Crippen LogP contribution < -0.4 is 10.5 Å². The summed E-state index contributed by atoms with van der Waals surface area (Å²) in [6.07, 6.45) is -3.42. The Labute approximate surface area is 85.1 Å². The average Bonchev–Trinajstić information content (AvgIpc) is 2.11. The molecule has 84 valence electrons. The third-order valence-corrected chi connectivity index (χ3v) is 2.13. The zero-order valence-corrected chi connectivity index (χ0v) is 8.35. The summed E-state index contributed by atoms with van der Waals surface area (Å²) in [5, 5.41) is 0. The van der Waals surface area contributed by atoms with E-state index in [2.05, 4.69) is 9.72 Å². The second-order valence-corrected chi connectivity index (χ2v) is 3.09. The van der Waals surface area contributed by atoms with Gasteiger partial charge in [0, 0.05) is 18.3 Å². The Kier molecular flexibility index (Phi) is 3.18. The maximum Gasteiger partial charge on any atom is 0.574 e. The largest absolute Gasteiger partial charge is 0.574 e. The minimum atomic E-state index is -4.71. The maximum absolute atomic E-state index is 11.9. The molecule has 3 nitrogen and oxygen atoms in total. The summed E-state index contributed by atoms with van der Waals surface area (Å²) < 4.78 is 39.6. The Morgan fingerprint density at radius 1 is 1.33 bits per heavy atom. The van der Waals surface area contributed by atoms with Gasteiger partial charge in [0.2, 0.25) is 5.88 Å². The molecule has 1 heterocycles. The van der Waals surface area contributed by atoms with Crippen molar-refractivity contribution in [1.29, 1.82) is 0 Å². The van der Waals surface area contributed by atoms with Gasteiger partial charge in [-0.1, -0.05) is 0 Å². The lowest BCUT2D eigenvalue weighted by molar-refractivity contribution is -0.276. The van der Waals surface area contributed by atoms with Crippen LogP contribution in [0, 0.1) is 13.8 Å². The first-order valence-corrected chi connectivity index (χ1v) is 4.26. The minimum absolute atomic E-state index is 0.242. The van der Waals surface area contributed by atoms with Gasteiger partial charge in [-0.05, 0) is 25.0 Å². The second kappa shape index (κ2) is 4.06. The van der Waals surface area contributed by atoms with Crippen molar-refractivity contribution in [2.45, 2.75) is 26.8 Å². The summed E-state index contributed by atoms with van der Waals surface area (Å²) in [7, 11) is 0. The average molecular weight is 220 g/mol. The summed E-state index contributed by atoms with van der Waals surface area (Å²) >= 11 is 0. The number of hydrogen-bond acceptors (Lipinski definition) is 3. The highest BCUT2D eigenvalue weighted by atomic mass is 19.4. The standard InChI is InChI=1S/C9H11F3N2O/c1-5-6(2)8(15-9(10,11)12)14-4-7(5)3-13/h4H,3,13H2,1-2H3. The molecule has 0 fully saturated rings. The molecule has 0 bridgehead atoms. The smallest absolute Gasteiger partial charge is 0.388 e. The van der Waals surface area contributed by atoms with Crippen molar-refractivity contribution in [1.82, 2.24) is 4.98 Å². The van der Waals surface area contributed by atoms with Crippen molar-refractivity contribution >= 4 is 0 Å². The number of pyridine rings is 1. The number of halogens is 3. The van der Waals surface area contributed by atoms with Crippen LogP contribution in [0.2, 0.25) is 0 Å². The molecule has 0 spiro atoms. The molecule has 0 radical (unpaired) electrons. The molecule has 0 aliphatic rings. The van der Waals surface area contributed by atoms with Gasteiger partial charge in [-0.3, -0.25) is 0 Å². The van der Waals surface area contributed by atoms with Crippen molar-refractivity contribution in [3.8, 4) is 5.88 Å². The van der Waals surface area contributed by atoms with Crippen molar-refractivity contribution < 1.29 is 17.9 Å². The normalized spacial score (nSPS) is 11.6. The Morgan fingerprint density at radius 2 is 1.93 bits per heavy atom. The number of alkyl halides is 3. The van der Waals surface area contributed by atoms with Crippen LogP contribution in [0.4, 0.5) is 13.2 Å². The molecule has 1 aromatic rings. The fourth-order valence-electron chi connectivity index (χ4n) is 1.15. The van der Waals surface area contributed by atoms with Gasteiger partial charge in [0.1, 0.15) is 0 Å². The van der Waals surface area contributed by atoms with Gasteiger partial charge >= 0.3 is 6.36 Å². The Hall–Kier alpha value is -1.30. The van der Waals surface area contributed by atoms with Crippen LogP contribution >= 0.6 is 0 Å². The fraction of sp³-hybridized carbons (Fsp3) is 0.444. The molecular formula is C9H11F3N2O. The van der Waals surface area contributed by atoms with Crippen molar-refractivity contribution in [3.63, 3.8) is 0 Å². The molecule has 0 saturated heterocycles. The van der Waals surface area contributed by atoms with Gasteiger partial charge in [0.25, 0.3) is 0 Å². The van der Waals surface area contributed by atoms with Crippen molar-refractivity contribution in [2.24, 2.45) is 5.73 Å². The maximum atomic E-state index is 11.9. The topological polar surface area (TPSA) is 48.1 Å². The second-order valence-electron chi connectivity index (χ2n) is 3.09. The molecular weight excluding hydrogens is 209 g/mol. The van der Waals surface area contributed by atoms with Gasteiger partial charge in [-0.2, -0.15) is 0 Å². The van der Waals surface area contributed by atoms with E-state index in [1.807, 2.05) is 0 Å². The molecule has 0 amide bonds. The zero-order chi connectivity index (χ0) is 11.6. The van der Waals surface area contributed by atoms with E-state index in [9.17, 15) is 13.2 Å². The van der Waals surface area contributed by atoms with Crippen molar-refractivity contribution in [2.75, 3.05) is 0 Å². The van der Waals surface area contributed by atoms with Gasteiger partial charge in [-0.25, -0.2) is 4.98 Å². The van der Waals surface area contributed by atoms with E-state index in [0.29, 0.717) is 16.7 Å². The number of rotatable bonds is 2. The van der Waals surface area contributed by atoms with Crippen LogP contribution in [0.15, 0.2) is 6.20 Å². The third-order valence-electron chi connectivity index (χ3n) is 2.13. The molecule has 15 heavy (non-hydrogen) atoms. The lowest BCUT2D eigenvalue weighted by Gasteiger charge is -2.13. The molecule has 0 atom stereocenters. The summed E-state index contributed by atoms with van der Waals surface area (Å²) in [6.45, 7) is 3.44. The molecule has 6 heteroatoms. The Bertz CT molecular complexity index is 363. The predicted molar refractivity (Wildman–Crippen MR) is 48.3 cm³/mol. The Morgan fingerprint density at radius 3 is 2.40 bits per heavy atom. The highest BCUT2D eigenvalue weighted by Gasteiger charge is 2.32. The van der Waals surface area contributed by atoms with E-state index < -0.39 is 12.2 Å². The molecule has 1 rings (SSSR count). The lowest BCUT2D eigenvalue weighted by atomic mass is 10.1.